The molecule has 0 atom stereocenters. The Balaban J connectivity index is 1.63. The molecule has 1 N–H and O–H groups in total. The van der Waals surface area contributed by atoms with Crippen LogP contribution in [-0.4, -0.2) is 37.1 Å². The maximum absolute atomic E-state index is 12.3. The summed E-state index contributed by atoms with van der Waals surface area (Å²) in [6, 6.07) is 13.2. The molecule has 0 unspecified atom stereocenters. The molecule has 0 bridgehead atoms. The maximum Gasteiger partial charge on any atom is 0.271 e. The zero-order valence-corrected chi connectivity index (χ0v) is 16.1. The minimum atomic E-state index is -0.223. The van der Waals surface area contributed by atoms with Gasteiger partial charge in [0.15, 0.2) is 5.82 Å². The van der Waals surface area contributed by atoms with Crippen LogP contribution in [-0.2, 0) is 0 Å². The number of imidazole rings is 1. The molecule has 8 heteroatoms. The van der Waals surface area contributed by atoms with Crippen LogP contribution in [0.2, 0.25) is 0 Å². The van der Waals surface area contributed by atoms with E-state index in [1.165, 1.54) is 0 Å². The van der Waals surface area contributed by atoms with Gasteiger partial charge >= 0.3 is 0 Å². The normalized spacial score (nSPS) is 11.0. The first-order valence-electron chi connectivity index (χ1n) is 9.29. The first-order chi connectivity index (χ1) is 14.1. The fraction of sp³-hybridized carbons (Fsp3) is 0.190. The molecule has 4 rings (SSSR count). The number of amides is 1. The van der Waals surface area contributed by atoms with Gasteiger partial charge in [-0.3, -0.25) is 9.36 Å². The average Bonchev–Trinajstić information content (AvgIpc) is 3.43. The van der Waals surface area contributed by atoms with Gasteiger partial charge in [-0.05, 0) is 18.1 Å². The molecule has 29 heavy (non-hydrogen) atoms. The molecule has 8 nitrogen and oxygen atoms in total. The minimum Gasteiger partial charge on any atom is -0.350 e. The van der Waals surface area contributed by atoms with Crippen LogP contribution in [0, 0.1) is 5.92 Å². The number of hydrogen-bond donors (Lipinski definition) is 1. The smallest absolute Gasteiger partial charge is 0.271 e. The summed E-state index contributed by atoms with van der Waals surface area (Å²) in [5, 5.41) is 6.92. The van der Waals surface area contributed by atoms with E-state index in [-0.39, 0.29) is 5.91 Å². The van der Waals surface area contributed by atoms with E-state index in [1.54, 1.807) is 29.4 Å². The summed E-state index contributed by atoms with van der Waals surface area (Å²) in [4.78, 5) is 25.4. The van der Waals surface area contributed by atoms with Crippen molar-refractivity contribution in [2.24, 2.45) is 5.92 Å². The fourth-order valence-electron chi connectivity index (χ4n) is 2.75. The maximum atomic E-state index is 12.3. The molecule has 146 valence electrons. The van der Waals surface area contributed by atoms with Crippen molar-refractivity contribution in [1.82, 2.24) is 30.0 Å². The van der Waals surface area contributed by atoms with Gasteiger partial charge in [-0.1, -0.05) is 49.3 Å². The zero-order valence-electron chi connectivity index (χ0n) is 16.1. The van der Waals surface area contributed by atoms with Crippen LogP contribution in [0.3, 0.4) is 0 Å². The van der Waals surface area contributed by atoms with Crippen LogP contribution in [0.15, 0.2) is 65.7 Å². The zero-order chi connectivity index (χ0) is 20.2. The molecule has 0 spiro atoms. The molecule has 4 aromatic rings. The first kappa shape index (κ1) is 18.5. The summed E-state index contributed by atoms with van der Waals surface area (Å²) < 4.78 is 7.14. The van der Waals surface area contributed by atoms with E-state index in [0.717, 1.165) is 5.56 Å². The highest BCUT2D eigenvalue weighted by Gasteiger charge is 2.17. The summed E-state index contributed by atoms with van der Waals surface area (Å²) in [5.74, 6) is 1.52. The summed E-state index contributed by atoms with van der Waals surface area (Å²) in [6.07, 6.45) is 4.84. The number of aromatic nitrogens is 5. The molecule has 0 aliphatic heterocycles. The molecular formula is C21H20N6O2. The minimum absolute atomic E-state index is 0.223. The predicted molar refractivity (Wildman–Crippen MR) is 107 cm³/mol. The number of nitrogens with one attached hydrogen (secondary N) is 1. The number of rotatable bonds is 6. The van der Waals surface area contributed by atoms with E-state index in [1.807, 2.05) is 50.2 Å². The number of hydrogen-bond acceptors (Lipinski definition) is 6. The van der Waals surface area contributed by atoms with Gasteiger partial charge in [-0.15, -0.1) is 0 Å². The molecule has 0 aliphatic rings. The summed E-state index contributed by atoms with van der Waals surface area (Å²) in [7, 11) is 0. The number of carbonyl (C=O) groups is 1. The fourth-order valence-corrected chi connectivity index (χ4v) is 2.75. The second-order valence-corrected chi connectivity index (χ2v) is 6.93. The van der Waals surface area contributed by atoms with Crippen molar-refractivity contribution in [3.05, 3.63) is 66.9 Å². The number of nitrogens with zero attached hydrogens (tertiary/aromatic N) is 5. The Labute approximate surface area is 167 Å². The quantitative estimate of drug-likeness (QED) is 0.544. The third-order valence-corrected chi connectivity index (χ3v) is 4.21. The van der Waals surface area contributed by atoms with Gasteiger partial charge in [0.2, 0.25) is 5.82 Å². The number of carbonyl (C=O) groups excluding carboxylic acids is 1. The Kier molecular flexibility index (Phi) is 5.15. The van der Waals surface area contributed by atoms with Crippen molar-refractivity contribution in [2.45, 2.75) is 13.8 Å². The lowest BCUT2D eigenvalue weighted by Gasteiger charge is -2.06. The lowest BCUT2D eigenvalue weighted by molar-refractivity contribution is 0.0944. The monoisotopic (exact) mass is 388 g/mol. The van der Waals surface area contributed by atoms with Crippen LogP contribution in [0.5, 0.6) is 0 Å². The molecule has 3 heterocycles. The van der Waals surface area contributed by atoms with Gasteiger partial charge in [0.05, 0.1) is 5.56 Å². The van der Waals surface area contributed by atoms with Crippen molar-refractivity contribution in [3.63, 3.8) is 0 Å². The molecule has 0 aliphatic carbocycles. The van der Waals surface area contributed by atoms with Crippen LogP contribution >= 0.6 is 0 Å². The third-order valence-electron chi connectivity index (χ3n) is 4.21. The predicted octanol–water partition coefficient (Wildman–Crippen LogP) is 3.37. The number of pyridine rings is 1. The van der Waals surface area contributed by atoms with Gasteiger partial charge in [0, 0.05) is 24.5 Å². The highest BCUT2D eigenvalue weighted by Crippen LogP contribution is 2.26. The van der Waals surface area contributed by atoms with Gasteiger partial charge in [-0.2, -0.15) is 4.98 Å². The Morgan fingerprint density at radius 3 is 2.76 bits per heavy atom. The Hall–Kier alpha value is -3.81. The topological polar surface area (TPSA) is 98.7 Å². The molecule has 3 aromatic heterocycles. The molecule has 1 amide bonds. The van der Waals surface area contributed by atoms with E-state index in [2.05, 4.69) is 25.4 Å². The van der Waals surface area contributed by atoms with Crippen molar-refractivity contribution in [2.75, 3.05) is 6.54 Å². The first-order valence-corrected chi connectivity index (χ1v) is 9.29. The van der Waals surface area contributed by atoms with E-state index >= 15 is 0 Å². The summed E-state index contributed by atoms with van der Waals surface area (Å²) in [5.41, 5.74) is 1.83. The molecule has 1 aromatic carbocycles. The summed E-state index contributed by atoms with van der Waals surface area (Å²) in [6.45, 7) is 4.66. The molecule has 0 saturated carbocycles. The van der Waals surface area contributed by atoms with Crippen LogP contribution in [0.25, 0.3) is 28.7 Å². The SMILES string of the molecule is CC(C)CNC(=O)c1cn(-c2ncccc2-c2nc(-c3ccccc3)no2)cn1. The van der Waals surface area contributed by atoms with E-state index in [0.29, 0.717) is 41.3 Å². The molecule has 0 fully saturated rings. The second kappa shape index (κ2) is 8.05. The van der Waals surface area contributed by atoms with E-state index in [9.17, 15) is 4.79 Å². The standard InChI is InChI=1S/C21H20N6O2/c1-14(2)11-23-20(28)17-12-27(13-24-17)19-16(9-6-10-22-19)21-25-18(26-29-21)15-7-4-3-5-8-15/h3-10,12-14H,11H2,1-2H3,(H,23,28). The molecular weight excluding hydrogens is 368 g/mol. The summed E-state index contributed by atoms with van der Waals surface area (Å²) >= 11 is 0. The van der Waals surface area contributed by atoms with Gasteiger partial charge in [-0.25, -0.2) is 9.97 Å². The lowest BCUT2D eigenvalue weighted by atomic mass is 10.2. The Morgan fingerprint density at radius 2 is 1.97 bits per heavy atom. The highest BCUT2D eigenvalue weighted by atomic mass is 16.5. The highest BCUT2D eigenvalue weighted by molar-refractivity contribution is 5.92. The van der Waals surface area contributed by atoms with Crippen molar-refractivity contribution >= 4 is 5.91 Å². The lowest BCUT2D eigenvalue weighted by Crippen LogP contribution is -2.27. The van der Waals surface area contributed by atoms with Gasteiger partial charge in [0.25, 0.3) is 11.8 Å². The van der Waals surface area contributed by atoms with Crippen LogP contribution < -0.4 is 5.32 Å². The van der Waals surface area contributed by atoms with Crippen molar-refractivity contribution in [1.29, 1.82) is 0 Å². The second-order valence-electron chi connectivity index (χ2n) is 6.93. The Bertz CT molecular complexity index is 1120. The van der Waals surface area contributed by atoms with Crippen molar-refractivity contribution < 1.29 is 9.32 Å². The van der Waals surface area contributed by atoms with Crippen molar-refractivity contribution in [3.8, 4) is 28.7 Å². The van der Waals surface area contributed by atoms with Gasteiger partial charge in [0.1, 0.15) is 12.0 Å². The Morgan fingerprint density at radius 1 is 1.14 bits per heavy atom. The van der Waals surface area contributed by atoms with E-state index in [4.69, 9.17) is 4.52 Å². The molecule has 0 saturated heterocycles. The van der Waals surface area contributed by atoms with Gasteiger partial charge < -0.3 is 9.84 Å². The van der Waals surface area contributed by atoms with Crippen LogP contribution in [0.4, 0.5) is 0 Å². The third kappa shape index (κ3) is 4.06. The van der Waals surface area contributed by atoms with Crippen LogP contribution in [0.1, 0.15) is 24.3 Å². The largest absolute Gasteiger partial charge is 0.350 e. The molecule has 0 radical (unpaired) electrons. The number of benzene rings is 1. The van der Waals surface area contributed by atoms with E-state index < -0.39 is 0 Å². The average molecular weight is 388 g/mol.